The third kappa shape index (κ3) is 3.20. The Morgan fingerprint density at radius 1 is 1.15 bits per heavy atom. The van der Waals surface area contributed by atoms with E-state index in [1.807, 2.05) is 56.3 Å². The average molecular weight is 288 g/mol. The third-order valence-corrected chi connectivity index (χ3v) is 3.69. The van der Waals surface area contributed by atoms with Crippen LogP contribution in [0.25, 0.3) is 0 Å². The minimum absolute atomic E-state index is 0.0161. The van der Waals surface area contributed by atoms with Crippen molar-refractivity contribution in [3.63, 3.8) is 0 Å². The molecule has 104 valence electrons. The predicted molar refractivity (Wildman–Crippen MR) is 83.2 cm³/mol. The van der Waals surface area contributed by atoms with Crippen LogP contribution in [0.4, 0.5) is 0 Å². The molecular weight excluding hydrogens is 270 g/mol. The molecule has 0 radical (unpaired) electrons. The Balaban J connectivity index is 2.19. The van der Waals surface area contributed by atoms with E-state index in [0.29, 0.717) is 11.6 Å². The quantitative estimate of drug-likeness (QED) is 0.827. The number of carbonyl (C=O) groups excluding carboxylic acids is 1. The van der Waals surface area contributed by atoms with Crippen molar-refractivity contribution >= 4 is 17.5 Å². The van der Waals surface area contributed by atoms with E-state index in [1.165, 1.54) is 0 Å². The molecule has 0 atom stereocenters. The van der Waals surface area contributed by atoms with Crippen LogP contribution in [-0.2, 0) is 6.54 Å². The SMILES string of the molecule is Cc1ccc(C(=O)N(C)Cc2ccccc2Cl)c(C)c1. The van der Waals surface area contributed by atoms with Gasteiger partial charge in [-0.2, -0.15) is 0 Å². The molecule has 1 amide bonds. The average Bonchev–Trinajstić information content (AvgIpc) is 2.40. The number of carbonyl (C=O) groups is 1. The molecule has 0 aliphatic heterocycles. The van der Waals surface area contributed by atoms with Crippen LogP contribution in [-0.4, -0.2) is 17.9 Å². The molecule has 20 heavy (non-hydrogen) atoms. The molecule has 0 heterocycles. The molecular formula is C17H18ClNO. The molecule has 0 aliphatic carbocycles. The van der Waals surface area contributed by atoms with E-state index >= 15 is 0 Å². The summed E-state index contributed by atoms with van der Waals surface area (Å²) in [6.07, 6.45) is 0. The van der Waals surface area contributed by atoms with Crippen molar-refractivity contribution in [2.45, 2.75) is 20.4 Å². The number of aryl methyl sites for hydroxylation is 2. The highest BCUT2D eigenvalue weighted by Crippen LogP contribution is 2.18. The molecule has 0 aromatic heterocycles. The van der Waals surface area contributed by atoms with Gasteiger partial charge in [-0.15, -0.1) is 0 Å². The highest BCUT2D eigenvalue weighted by atomic mass is 35.5. The fourth-order valence-electron chi connectivity index (χ4n) is 2.21. The lowest BCUT2D eigenvalue weighted by atomic mass is 10.0. The molecule has 0 saturated carbocycles. The zero-order valence-corrected chi connectivity index (χ0v) is 12.7. The van der Waals surface area contributed by atoms with Gasteiger partial charge in [0.2, 0.25) is 0 Å². The number of hydrogen-bond acceptors (Lipinski definition) is 1. The zero-order valence-electron chi connectivity index (χ0n) is 12.0. The van der Waals surface area contributed by atoms with E-state index in [-0.39, 0.29) is 5.91 Å². The topological polar surface area (TPSA) is 20.3 Å². The second kappa shape index (κ2) is 6.10. The maximum Gasteiger partial charge on any atom is 0.254 e. The van der Waals surface area contributed by atoms with Crippen molar-refractivity contribution in [3.05, 3.63) is 69.7 Å². The fraction of sp³-hybridized carbons (Fsp3) is 0.235. The molecule has 0 unspecified atom stereocenters. The van der Waals surface area contributed by atoms with Crippen molar-refractivity contribution < 1.29 is 4.79 Å². The van der Waals surface area contributed by atoms with Crippen molar-refractivity contribution in [1.82, 2.24) is 4.90 Å². The second-order valence-electron chi connectivity index (χ2n) is 5.07. The maximum absolute atomic E-state index is 12.5. The van der Waals surface area contributed by atoms with Gasteiger partial charge in [0.05, 0.1) is 0 Å². The van der Waals surface area contributed by atoms with Crippen LogP contribution in [0.15, 0.2) is 42.5 Å². The number of amides is 1. The largest absolute Gasteiger partial charge is 0.337 e. The van der Waals surface area contributed by atoms with Crippen LogP contribution in [0, 0.1) is 13.8 Å². The number of halogens is 1. The maximum atomic E-state index is 12.5. The van der Waals surface area contributed by atoms with Gasteiger partial charge >= 0.3 is 0 Å². The van der Waals surface area contributed by atoms with E-state index in [4.69, 9.17) is 11.6 Å². The predicted octanol–water partition coefficient (Wildman–Crippen LogP) is 4.23. The van der Waals surface area contributed by atoms with E-state index in [0.717, 1.165) is 22.3 Å². The first-order chi connectivity index (χ1) is 9.49. The number of hydrogen-bond donors (Lipinski definition) is 0. The molecule has 0 N–H and O–H groups in total. The highest BCUT2D eigenvalue weighted by molar-refractivity contribution is 6.31. The smallest absolute Gasteiger partial charge is 0.254 e. The summed E-state index contributed by atoms with van der Waals surface area (Å²) in [5, 5.41) is 0.688. The Morgan fingerprint density at radius 2 is 1.85 bits per heavy atom. The lowest BCUT2D eigenvalue weighted by Crippen LogP contribution is -2.27. The molecule has 0 saturated heterocycles. The summed E-state index contributed by atoms with van der Waals surface area (Å²) < 4.78 is 0. The summed E-state index contributed by atoms with van der Waals surface area (Å²) in [6.45, 7) is 4.49. The van der Waals surface area contributed by atoms with Gasteiger partial charge in [-0.05, 0) is 37.1 Å². The second-order valence-corrected chi connectivity index (χ2v) is 5.48. The molecule has 2 nitrogen and oxygen atoms in total. The minimum atomic E-state index is 0.0161. The lowest BCUT2D eigenvalue weighted by molar-refractivity contribution is 0.0784. The first-order valence-electron chi connectivity index (χ1n) is 6.55. The summed E-state index contributed by atoms with van der Waals surface area (Å²) in [4.78, 5) is 14.2. The summed E-state index contributed by atoms with van der Waals surface area (Å²) in [7, 11) is 1.80. The number of rotatable bonds is 3. The van der Waals surface area contributed by atoms with Gasteiger partial charge in [0, 0.05) is 24.2 Å². The minimum Gasteiger partial charge on any atom is -0.337 e. The van der Waals surface area contributed by atoms with Crippen LogP contribution >= 0.6 is 11.6 Å². The summed E-state index contributed by atoms with van der Waals surface area (Å²) in [6, 6.07) is 13.5. The lowest BCUT2D eigenvalue weighted by Gasteiger charge is -2.19. The number of benzene rings is 2. The Labute approximate surface area is 125 Å². The van der Waals surface area contributed by atoms with E-state index in [1.54, 1.807) is 11.9 Å². The van der Waals surface area contributed by atoms with Gasteiger partial charge in [0.15, 0.2) is 0 Å². The number of nitrogens with zero attached hydrogens (tertiary/aromatic N) is 1. The van der Waals surface area contributed by atoms with Gasteiger partial charge in [-0.3, -0.25) is 4.79 Å². The molecule has 2 aromatic carbocycles. The Bertz CT molecular complexity index is 637. The van der Waals surface area contributed by atoms with Crippen LogP contribution in [0.5, 0.6) is 0 Å². The third-order valence-electron chi connectivity index (χ3n) is 3.32. The first kappa shape index (κ1) is 14.6. The van der Waals surface area contributed by atoms with Crippen LogP contribution in [0.2, 0.25) is 5.02 Å². The molecule has 2 rings (SSSR count). The van der Waals surface area contributed by atoms with E-state index in [2.05, 4.69) is 0 Å². The Hall–Kier alpha value is -1.80. The van der Waals surface area contributed by atoms with E-state index in [9.17, 15) is 4.79 Å². The van der Waals surface area contributed by atoms with Crippen LogP contribution in [0.1, 0.15) is 27.0 Å². The van der Waals surface area contributed by atoms with Crippen LogP contribution < -0.4 is 0 Å². The van der Waals surface area contributed by atoms with E-state index < -0.39 is 0 Å². The summed E-state index contributed by atoms with van der Waals surface area (Å²) in [5.74, 6) is 0.0161. The summed E-state index contributed by atoms with van der Waals surface area (Å²) in [5.41, 5.74) is 3.86. The molecule has 2 aromatic rings. The van der Waals surface area contributed by atoms with Gasteiger partial charge < -0.3 is 4.90 Å². The zero-order chi connectivity index (χ0) is 14.7. The molecule has 0 fully saturated rings. The molecule has 0 spiro atoms. The Kier molecular flexibility index (Phi) is 4.46. The monoisotopic (exact) mass is 287 g/mol. The van der Waals surface area contributed by atoms with Crippen molar-refractivity contribution in [2.75, 3.05) is 7.05 Å². The van der Waals surface area contributed by atoms with Gasteiger partial charge in [0.25, 0.3) is 5.91 Å². The van der Waals surface area contributed by atoms with Gasteiger partial charge in [-0.25, -0.2) is 0 Å². The highest BCUT2D eigenvalue weighted by Gasteiger charge is 2.15. The Morgan fingerprint density at radius 3 is 2.50 bits per heavy atom. The molecule has 3 heteroatoms. The molecule has 0 bridgehead atoms. The fourth-order valence-corrected chi connectivity index (χ4v) is 2.41. The van der Waals surface area contributed by atoms with Crippen molar-refractivity contribution in [3.8, 4) is 0 Å². The normalized spacial score (nSPS) is 10.4. The van der Waals surface area contributed by atoms with Crippen molar-refractivity contribution in [1.29, 1.82) is 0 Å². The van der Waals surface area contributed by atoms with Gasteiger partial charge in [0.1, 0.15) is 0 Å². The summed E-state index contributed by atoms with van der Waals surface area (Å²) >= 11 is 6.13. The first-order valence-corrected chi connectivity index (χ1v) is 6.93. The van der Waals surface area contributed by atoms with Gasteiger partial charge in [-0.1, -0.05) is 47.5 Å². The molecule has 0 aliphatic rings. The van der Waals surface area contributed by atoms with Crippen molar-refractivity contribution in [2.24, 2.45) is 0 Å². The standard InChI is InChI=1S/C17H18ClNO/c1-12-8-9-15(13(2)10-12)17(20)19(3)11-14-6-4-5-7-16(14)18/h4-10H,11H2,1-3H3. The van der Waals surface area contributed by atoms with Crippen LogP contribution in [0.3, 0.4) is 0 Å².